The molecule has 158 valence electrons. The number of rotatable bonds is 5. The van der Waals surface area contributed by atoms with Gasteiger partial charge in [0.1, 0.15) is 23.6 Å². The van der Waals surface area contributed by atoms with Crippen LogP contribution in [-0.2, 0) is 24.3 Å². The van der Waals surface area contributed by atoms with Crippen molar-refractivity contribution in [2.75, 3.05) is 0 Å². The molecule has 1 heterocycles. The lowest BCUT2D eigenvalue weighted by molar-refractivity contribution is -0.136. The monoisotopic (exact) mass is 436 g/mol. The Labute approximate surface area is 170 Å². The van der Waals surface area contributed by atoms with E-state index in [4.69, 9.17) is 14.7 Å². The van der Waals surface area contributed by atoms with Crippen LogP contribution in [0, 0.1) is 5.82 Å². The van der Waals surface area contributed by atoms with Gasteiger partial charge in [-0.25, -0.2) is 23.1 Å². The molecule has 2 aromatic carbocycles. The molecule has 1 amide bonds. The van der Waals surface area contributed by atoms with Crippen molar-refractivity contribution in [3.63, 3.8) is 0 Å². The molecule has 9 nitrogen and oxygen atoms in total. The van der Waals surface area contributed by atoms with Gasteiger partial charge < -0.3 is 9.47 Å². The number of carbonyl (C=O) groups is 2. The zero-order valence-corrected chi connectivity index (χ0v) is 16.2. The molecule has 1 saturated carbocycles. The van der Waals surface area contributed by atoms with Crippen LogP contribution < -0.4 is 10.2 Å². The van der Waals surface area contributed by atoms with Crippen LogP contribution in [0.1, 0.15) is 12.8 Å². The predicted molar refractivity (Wildman–Crippen MR) is 99.2 cm³/mol. The van der Waals surface area contributed by atoms with Crippen LogP contribution in [0.2, 0.25) is 0 Å². The number of hydrogen-bond donors (Lipinski definition) is 3. The highest BCUT2D eigenvalue weighted by Crippen LogP contribution is 2.39. The standard InChI is InChI=1S/C19H17FN2O7S/c20-13-5-1-11(2-6-13)12-3-7-14(8-4-12)30(26,27)22-19(17(23)21-25)9-15-16(10-19)29-18(24)28-15/h1-8,15-16,22,25H,9-10H2,(H,21,23). The molecule has 1 aliphatic carbocycles. The Morgan fingerprint density at radius 2 is 1.50 bits per heavy atom. The van der Waals surface area contributed by atoms with E-state index in [2.05, 4.69) is 4.72 Å². The molecule has 2 fully saturated rings. The Bertz CT molecular complexity index is 1070. The maximum Gasteiger partial charge on any atom is 0.509 e. The lowest BCUT2D eigenvalue weighted by Gasteiger charge is -2.27. The number of carbonyl (C=O) groups excluding carboxylic acids is 2. The minimum Gasteiger partial charge on any atom is -0.427 e. The average molecular weight is 436 g/mol. The SMILES string of the molecule is O=C1OC2CC(NS(=O)(=O)c3ccc(-c4ccc(F)cc4)cc3)(C(=O)NO)CC2O1. The molecule has 2 atom stereocenters. The molecule has 0 radical (unpaired) electrons. The van der Waals surface area contributed by atoms with Gasteiger partial charge in [0, 0.05) is 12.8 Å². The predicted octanol–water partition coefficient (Wildman–Crippen LogP) is 1.71. The first kappa shape index (κ1) is 20.3. The van der Waals surface area contributed by atoms with Crippen LogP contribution in [0.3, 0.4) is 0 Å². The molecule has 2 aliphatic rings. The highest BCUT2D eigenvalue weighted by molar-refractivity contribution is 7.89. The largest absolute Gasteiger partial charge is 0.509 e. The van der Waals surface area contributed by atoms with Crippen molar-refractivity contribution in [3.05, 3.63) is 54.3 Å². The molecule has 3 N–H and O–H groups in total. The highest BCUT2D eigenvalue weighted by Gasteiger charge is 2.58. The zero-order chi connectivity index (χ0) is 21.5. The third-order valence-electron chi connectivity index (χ3n) is 5.22. The molecule has 2 unspecified atom stereocenters. The minimum atomic E-state index is -4.19. The number of sulfonamides is 1. The summed E-state index contributed by atoms with van der Waals surface area (Å²) in [4.78, 5) is 23.4. The summed E-state index contributed by atoms with van der Waals surface area (Å²) >= 11 is 0. The second-order valence-corrected chi connectivity index (χ2v) is 8.81. The molecule has 30 heavy (non-hydrogen) atoms. The number of ether oxygens (including phenoxy) is 2. The van der Waals surface area contributed by atoms with Crippen molar-refractivity contribution in [2.24, 2.45) is 0 Å². The lowest BCUT2D eigenvalue weighted by Crippen LogP contribution is -2.57. The number of nitrogens with one attached hydrogen (secondary N) is 2. The third kappa shape index (κ3) is 3.62. The second kappa shape index (κ2) is 7.35. The lowest BCUT2D eigenvalue weighted by atomic mass is 9.98. The van der Waals surface area contributed by atoms with Gasteiger partial charge in [0.05, 0.1) is 4.90 Å². The van der Waals surface area contributed by atoms with E-state index >= 15 is 0 Å². The fourth-order valence-electron chi connectivity index (χ4n) is 3.75. The maximum atomic E-state index is 13.1. The van der Waals surface area contributed by atoms with E-state index in [1.165, 1.54) is 29.7 Å². The van der Waals surface area contributed by atoms with Crippen LogP contribution in [-0.4, -0.2) is 43.4 Å². The first-order chi connectivity index (χ1) is 14.2. The fraction of sp³-hybridized carbons (Fsp3) is 0.263. The van der Waals surface area contributed by atoms with Crippen LogP contribution in [0.15, 0.2) is 53.4 Å². The summed E-state index contributed by atoms with van der Waals surface area (Å²) in [6.45, 7) is 0. The van der Waals surface area contributed by atoms with Crippen LogP contribution in [0.4, 0.5) is 9.18 Å². The van der Waals surface area contributed by atoms with Gasteiger partial charge in [0.15, 0.2) is 0 Å². The molecule has 4 rings (SSSR count). The molecule has 0 spiro atoms. The summed E-state index contributed by atoms with van der Waals surface area (Å²) in [7, 11) is -4.19. The number of amides is 1. The molecular weight excluding hydrogens is 419 g/mol. The summed E-state index contributed by atoms with van der Waals surface area (Å²) in [6.07, 6.45) is -2.88. The summed E-state index contributed by atoms with van der Waals surface area (Å²) < 4.78 is 51.1. The molecular formula is C19H17FN2O7S. The average Bonchev–Trinajstić information content (AvgIpc) is 3.22. The molecule has 1 aliphatic heterocycles. The van der Waals surface area contributed by atoms with Crippen molar-refractivity contribution in [2.45, 2.75) is 35.5 Å². The van der Waals surface area contributed by atoms with Gasteiger partial charge in [-0.2, -0.15) is 4.72 Å². The topological polar surface area (TPSA) is 131 Å². The van der Waals surface area contributed by atoms with Gasteiger partial charge in [0.25, 0.3) is 5.91 Å². The number of halogens is 1. The Balaban J connectivity index is 1.58. The summed E-state index contributed by atoms with van der Waals surface area (Å²) in [5.74, 6) is -1.37. The number of benzene rings is 2. The second-order valence-electron chi connectivity index (χ2n) is 7.13. The zero-order valence-electron chi connectivity index (χ0n) is 15.4. The van der Waals surface area contributed by atoms with Gasteiger partial charge in [-0.3, -0.25) is 10.0 Å². The van der Waals surface area contributed by atoms with Gasteiger partial charge in [-0.15, -0.1) is 0 Å². The van der Waals surface area contributed by atoms with Gasteiger partial charge in [0.2, 0.25) is 10.0 Å². The van der Waals surface area contributed by atoms with E-state index in [9.17, 15) is 22.4 Å². The van der Waals surface area contributed by atoms with Crippen LogP contribution in [0.5, 0.6) is 0 Å². The summed E-state index contributed by atoms with van der Waals surface area (Å²) in [5.41, 5.74) is 1.09. The fourth-order valence-corrected chi connectivity index (χ4v) is 5.14. The van der Waals surface area contributed by atoms with Gasteiger partial charge >= 0.3 is 6.16 Å². The third-order valence-corrected chi connectivity index (χ3v) is 6.77. The molecule has 0 aromatic heterocycles. The number of hydrogen-bond acceptors (Lipinski definition) is 7. The van der Waals surface area contributed by atoms with Crippen molar-refractivity contribution in [1.82, 2.24) is 10.2 Å². The van der Waals surface area contributed by atoms with Gasteiger partial charge in [-0.1, -0.05) is 24.3 Å². The normalized spacial score (nSPS) is 25.3. The van der Waals surface area contributed by atoms with E-state index in [-0.39, 0.29) is 23.6 Å². The first-order valence-electron chi connectivity index (χ1n) is 8.94. The van der Waals surface area contributed by atoms with E-state index in [0.717, 1.165) is 0 Å². The molecule has 1 saturated heterocycles. The van der Waals surface area contributed by atoms with Crippen molar-refractivity contribution in [3.8, 4) is 11.1 Å². The smallest absolute Gasteiger partial charge is 0.427 e. The summed E-state index contributed by atoms with van der Waals surface area (Å²) in [6, 6.07) is 11.5. The van der Waals surface area contributed by atoms with E-state index in [1.807, 2.05) is 0 Å². The Morgan fingerprint density at radius 3 is 2.00 bits per heavy atom. The Hall–Kier alpha value is -3.02. The van der Waals surface area contributed by atoms with Crippen LogP contribution in [0.25, 0.3) is 11.1 Å². The van der Waals surface area contributed by atoms with E-state index < -0.39 is 39.8 Å². The minimum absolute atomic E-state index is 0.117. The van der Waals surface area contributed by atoms with E-state index in [0.29, 0.717) is 11.1 Å². The van der Waals surface area contributed by atoms with Crippen molar-refractivity contribution in [1.29, 1.82) is 0 Å². The van der Waals surface area contributed by atoms with Crippen molar-refractivity contribution >= 4 is 22.1 Å². The number of hydroxylamine groups is 1. The summed E-state index contributed by atoms with van der Waals surface area (Å²) in [5, 5.41) is 9.12. The van der Waals surface area contributed by atoms with Gasteiger partial charge in [-0.05, 0) is 35.4 Å². The Morgan fingerprint density at radius 1 is 1.00 bits per heavy atom. The Kier molecular flexibility index (Phi) is 4.96. The first-order valence-corrected chi connectivity index (χ1v) is 10.4. The molecule has 11 heteroatoms. The maximum absolute atomic E-state index is 13.1. The molecule has 2 aromatic rings. The van der Waals surface area contributed by atoms with Crippen molar-refractivity contribution < 1.29 is 37.1 Å². The van der Waals surface area contributed by atoms with Crippen LogP contribution >= 0.6 is 0 Å². The van der Waals surface area contributed by atoms with E-state index in [1.54, 1.807) is 24.3 Å². The quantitative estimate of drug-likeness (QED) is 0.369. The number of fused-ring (bicyclic) bond motifs is 1. The highest BCUT2D eigenvalue weighted by atomic mass is 32.2. The molecule has 0 bridgehead atoms.